The molecule has 0 bridgehead atoms. The molecule has 2 aromatic carbocycles. The molecule has 1 aromatic heterocycles. The van der Waals surface area contributed by atoms with E-state index in [1.165, 1.54) is 18.7 Å². The Morgan fingerprint density at radius 1 is 1.03 bits per heavy atom. The number of nitrogens with one attached hydrogen (secondary N) is 1. The van der Waals surface area contributed by atoms with Gasteiger partial charge in [-0.05, 0) is 30.5 Å². The SMILES string of the molecule is CC(C)c1ccccc1NC(=O)[C@@H](C)OC(=O)Cc1nn(C)c(=O)c2ccccc12. The molecule has 156 valence electrons. The van der Waals surface area contributed by atoms with Crippen molar-refractivity contribution in [2.24, 2.45) is 7.05 Å². The van der Waals surface area contributed by atoms with Gasteiger partial charge in [-0.15, -0.1) is 0 Å². The molecule has 0 radical (unpaired) electrons. The van der Waals surface area contributed by atoms with Gasteiger partial charge in [0.1, 0.15) is 0 Å². The van der Waals surface area contributed by atoms with Gasteiger partial charge in [0.05, 0.1) is 17.5 Å². The number of benzene rings is 2. The van der Waals surface area contributed by atoms with Gasteiger partial charge in [0.15, 0.2) is 6.10 Å². The van der Waals surface area contributed by atoms with Gasteiger partial charge in [-0.25, -0.2) is 4.68 Å². The zero-order valence-electron chi connectivity index (χ0n) is 17.5. The molecule has 0 unspecified atom stereocenters. The highest BCUT2D eigenvalue weighted by atomic mass is 16.5. The first-order chi connectivity index (χ1) is 14.3. The van der Waals surface area contributed by atoms with Crippen molar-refractivity contribution in [3.63, 3.8) is 0 Å². The van der Waals surface area contributed by atoms with Crippen molar-refractivity contribution in [3.05, 3.63) is 70.1 Å². The van der Waals surface area contributed by atoms with E-state index in [2.05, 4.69) is 10.4 Å². The molecule has 0 fully saturated rings. The summed E-state index contributed by atoms with van der Waals surface area (Å²) in [4.78, 5) is 37.2. The Morgan fingerprint density at radius 2 is 1.67 bits per heavy atom. The van der Waals surface area contributed by atoms with Gasteiger partial charge in [0, 0.05) is 18.1 Å². The minimum Gasteiger partial charge on any atom is -0.452 e. The number of esters is 1. The molecule has 1 atom stereocenters. The summed E-state index contributed by atoms with van der Waals surface area (Å²) in [7, 11) is 1.53. The van der Waals surface area contributed by atoms with Crippen LogP contribution in [0.2, 0.25) is 0 Å². The Labute approximate surface area is 174 Å². The number of hydrogen-bond donors (Lipinski definition) is 1. The fourth-order valence-electron chi connectivity index (χ4n) is 3.28. The third-order valence-electron chi connectivity index (χ3n) is 4.86. The predicted molar refractivity (Wildman–Crippen MR) is 115 cm³/mol. The Hall–Kier alpha value is -3.48. The normalized spacial score (nSPS) is 12.0. The smallest absolute Gasteiger partial charge is 0.312 e. The minimum atomic E-state index is -0.975. The van der Waals surface area contributed by atoms with E-state index >= 15 is 0 Å². The van der Waals surface area contributed by atoms with Gasteiger partial charge in [0.25, 0.3) is 11.5 Å². The van der Waals surface area contributed by atoms with Crippen LogP contribution in [0.4, 0.5) is 5.69 Å². The van der Waals surface area contributed by atoms with Crippen molar-refractivity contribution in [1.29, 1.82) is 0 Å². The lowest BCUT2D eigenvalue weighted by Crippen LogP contribution is -2.31. The van der Waals surface area contributed by atoms with Crippen molar-refractivity contribution >= 4 is 28.3 Å². The first-order valence-corrected chi connectivity index (χ1v) is 9.82. The van der Waals surface area contributed by atoms with Crippen molar-refractivity contribution in [1.82, 2.24) is 9.78 Å². The third kappa shape index (κ3) is 4.56. The summed E-state index contributed by atoms with van der Waals surface area (Å²) in [6.45, 7) is 5.61. The first-order valence-electron chi connectivity index (χ1n) is 9.82. The highest BCUT2D eigenvalue weighted by Crippen LogP contribution is 2.24. The Kier molecular flexibility index (Phi) is 6.30. The molecule has 1 heterocycles. The molecule has 30 heavy (non-hydrogen) atoms. The van der Waals surface area contributed by atoms with Crippen LogP contribution >= 0.6 is 0 Å². The third-order valence-corrected chi connectivity index (χ3v) is 4.86. The van der Waals surface area contributed by atoms with E-state index in [4.69, 9.17) is 4.74 Å². The Morgan fingerprint density at radius 3 is 2.37 bits per heavy atom. The molecular formula is C23H25N3O4. The van der Waals surface area contributed by atoms with Crippen LogP contribution < -0.4 is 10.9 Å². The molecule has 0 aliphatic carbocycles. The molecule has 0 aliphatic heterocycles. The number of para-hydroxylation sites is 1. The van der Waals surface area contributed by atoms with E-state index in [1.54, 1.807) is 24.3 Å². The molecule has 7 nitrogen and oxygen atoms in total. The van der Waals surface area contributed by atoms with Gasteiger partial charge >= 0.3 is 5.97 Å². The van der Waals surface area contributed by atoms with Crippen LogP contribution in [-0.4, -0.2) is 27.8 Å². The predicted octanol–water partition coefficient (Wildman–Crippen LogP) is 3.17. The van der Waals surface area contributed by atoms with E-state index < -0.39 is 18.0 Å². The molecule has 7 heteroatoms. The van der Waals surface area contributed by atoms with Crippen molar-refractivity contribution in [2.45, 2.75) is 39.2 Å². The van der Waals surface area contributed by atoms with Crippen molar-refractivity contribution in [2.75, 3.05) is 5.32 Å². The number of fused-ring (bicyclic) bond motifs is 1. The molecule has 0 spiro atoms. The van der Waals surface area contributed by atoms with Crippen LogP contribution in [0.15, 0.2) is 53.3 Å². The molecule has 0 saturated carbocycles. The lowest BCUT2D eigenvalue weighted by Gasteiger charge is -2.17. The monoisotopic (exact) mass is 407 g/mol. The van der Waals surface area contributed by atoms with E-state index in [0.717, 1.165) is 5.56 Å². The second-order valence-electron chi connectivity index (χ2n) is 7.46. The standard InChI is InChI=1S/C23H25N3O4/c1-14(2)16-9-7-8-12-19(16)24-22(28)15(3)30-21(27)13-20-17-10-5-6-11-18(17)23(29)26(4)25-20/h5-12,14-15H,13H2,1-4H3,(H,24,28)/t15-/m1/s1. The largest absolute Gasteiger partial charge is 0.452 e. The summed E-state index contributed by atoms with van der Waals surface area (Å²) in [5.74, 6) is -0.760. The average Bonchev–Trinajstić information content (AvgIpc) is 2.72. The number of hydrogen-bond acceptors (Lipinski definition) is 5. The molecular weight excluding hydrogens is 382 g/mol. The number of nitrogens with zero attached hydrogens (tertiary/aromatic N) is 2. The van der Waals surface area contributed by atoms with Crippen LogP contribution in [0.1, 0.15) is 37.9 Å². The molecule has 1 amide bonds. The number of aromatic nitrogens is 2. The number of amides is 1. The van der Waals surface area contributed by atoms with Crippen molar-refractivity contribution < 1.29 is 14.3 Å². The fourth-order valence-corrected chi connectivity index (χ4v) is 3.28. The van der Waals surface area contributed by atoms with Gasteiger partial charge in [-0.2, -0.15) is 5.10 Å². The number of anilines is 1. The fraction of sp³-hybridized carbons (Fsp3) is 0.304. The number of ether oxygens (including phenoxy) is 1. The quantitative estimate of drug-likeness (QED) is 0.634. The Balaban J connectivity index is 1.71. The van der Waals surface area contributed by atoms with Gasteiger partial charge in [-0.1, -0.05) is 50.2 Å². The maximum Gasteiger partial charge on any atom is 0.312 e. The minimum absolute atomic E-state index is 0.144. The Bertz CT molecular complexity index is 1150. The van der Waals surface area contributed by atoms with Gasteiger partial charge < -0.3 is 10.1 Å². The first kappa shape index (κ1) is 21.2. The maximum atomic E-state index is 12.5. The van der Waals surface area contributed by atoms with Gasteiger partial charge in [-0.3, -0.25) is 14.4 Å². The zero-order valence-corrected chi connectivity index (χ0v) is 17.5. The van der Waals surface area contributed by atoms with E-state index in [1.807, 2.05) is 38.1 Å². The molecule has 3 rings (SSSR count). The molecule has 3 aromatic rings. The molecule has 1 N–H and O–H groups in total. The average molecular weight is 407 g/mol. The van der Waals surface area contributed by atoms with E-state index in [-0.39, 0.29) is 17.9 Å². The highest BCUT2D eigenvalue weighted by molar-refractivity contribution is 5.96. The van der Waals surface area contributed by atoms with Crippen LogP contribution in [0.25, 0.3) is 10.8 Å². The zero-order chi connectivity index (χ0) is 21.8. The van der Waals surface area contributed by atoms with Crippen LogP contribution in [-0.2, 0) is 27.8 Å². The van der Waals surface area contributed by atoms with Gasteiger partial charge in [0.2, 0.25) is 0 Å². The summed E-state index contributed by atoms with van der Waals surface area (Å²) in [5, 5.41) is 8.10. The highest BCUT2D eigenvalue weighted by Gasteiger charge is 2.21. The number of rotatable bonds is 6. The second kappa shape index (κ2) is 8.90. The molecule has 0 aliphatic rings. The van der Waals surface area contributed by atoms with Crippen LogP contribution in [0, 0.1) is 0 Å². The number of carbonyl (C=O) groups excluding carboxylic acids is 2. The number of carbonyl (C=O) groups is 2. The lowest BCUT2D eigenvalue weighted by atomic mass is 10.0. The summed E-state index contributed by atoms with van der Waals surface area (Å²) in [6.07, 6.45) is -1.12. The summed E-state index contributed by atoms with van der Waals surface area (Å²) in [6, 6.07) is 14.5. The van der Waals surface area contributed by atoms with E-state index in [0.29, 0.717) is 22.2 Å². The lowest BCUT2D eigenvalue weighted by molar-refractivity contribution is -0.152. The second-order valence-corrected chi connectivity index (χ2v) is 7.46. The van der Waals surface area contributed by atoms with Crippen molar-refractivity contribution in [3.8, 4) is 0 Å². The van der Waals surface area contributed by atoms with Crippen LogP contribution in [0.5, 0.6) is 0 Å². The molecule has 0 saturated heterocycles. The maximum absolute atomic E-state index is 12.5. The number of aryl methyl sites for hydroxylation is 1. The summed E-state index contributed by atoms with van der Waals surface area (Å²) >= 11 is 0. The summed E-state index contributed by atoms with van der Waals surface area (Å²) < 4.78 is 6.53. The van der Waals surface area contributed by atoms with Crippen LogP contribution in [0.3, 0.4) is 0 Å². The van der Waals surface area contributed by atoms with E-state index in [9.17, 15) is 14.4 Å². The summed E-state index contributed by atoms with van der Waals surface area (Å²) in [5.41, 5.74) is 1.89. The topological polar surface area (TPSA) is 90.3 Å².